The second-order valence-electron chi connectivity index (χ2n) is 6.82. The van der Waals surface area contributed by atoms with E-state index in [2.05, 4.69) is 11.1 Å². The summed E-state index contributed by atoms with van der Waals surface area (Å²) in [4.78, 5) is 4.45. The Morgan fingerprint density at radius 2 is 1.82 bits per heavy atom. The van der Waals surface area contributed by atoms with E-state index < -0.39 is 5.92 Å². The minimum atomic E-state index is -2.45. The molecular weight excluding hydrogens is 280 g/mol. The Balaban J connectivity index is 1.82. The lowest BCUT2D eigenvalue weighted by molar-refractivity contribution is -0.0249. The van der Waals surface area contributed by atoms with E-state index in [1.807, 2.05) is 18.3 Å². The summed E-state index contributed by atoms with van der Waals surface area (Å²) in [5.41, 5.74) is 3.82. The number of aromatic nitrogens is 1. The summed E-state index contributed by atoms with van der Waals surface area (Å²) in [6.45, 7) is 0. The van der Waals surface area contributed by atoms with E-state index >= 15 is 0 Å². The highest BCUT2D eigenvalue weighted by molar-refractivity contribution is 5.25. The molecule has 2 aliphatic rings. The van der Waals surface area contributed by atoms with Crippen molar-refractivity contribution in [1.82, 2.24) is 4.98 Å². The first-order valence-electron chi connectivity index (χ1n) is 8.62. The second-order valence-corrected chi connectivity index (χ2v) is 6.82. The van der Waals surface area contributed by atoms with E-state index in [-0.39, 0.29) is 12.8 Å². The third-order valence-corrected chi connectivity index (χ3v) is 5.23. The summed E-state index contributed by atoms with van der Waals surface area (Å²) in [5, 5.41) is 0. The highest BCUT2D eigenvalue weighted by Crippen LogP contribution is 2.41. The van der Waals surface area contributed by atoms with Gasteiger partial charge in [0, 0.05) is 31.2 Å². The first-order valence-corrected chi connectivity index (χ1v) is 8.62. The van der Waals surface area contributed by atoms with Crippen LogP contribution in [0.2, 0.25) is 0 Å². The smallest absolute Gasteiger partial charge is 0.248 e. The molecule has 2 aliphatic carbocycles. The van der Waals surface area contributed by atoms with Crippen LogP contribution in [-0.4, -0.2) is 10.9 Å². The summed E-state index contributed by atoms with van der Waals surface area (Å²) < 4.78 is 27.0. The van der Waals surface area contributed by atoms with Gasteiger partial charge in [0.25, 0.3) is 0 Å². The number of nitrogens with zero attached hydrogens (tertiary/aromatic N) is 1. The Bertz CT molecular complexity index is 503. The zero-order valence-electron chi connectivity index (χ0n) is 13.2. The third-order valence-electron chi connectivity index (χ3n) is 5.23. The van der Waals surface area contributed by atoms with Gasteiger partial charge in [-0.3, -0.25) is 4.98 Å². The van der Waals surface area contributed by atoms with Crippen molar-refractivity contribution in [1.29, 1.82) is 0 Å². The Morgan fingerprint density at radius 3 is 2.45 bits per heavy atom. The van der Waals surface area contributed by atoms with E-state index in [9.17, 15) is 8.78 Å². The summed E-state index contributed by atoms with van der Waals surface area (Å²) >= 11 is 0. The Morgan fingerprint density at radius 1 is 1.09 bits per heavy atom. The number of hydrogen-bond acceptors (Lipinski definition) is 1. The van der Waals surface area contributed by atoms with Crippen LogP contribution in [0, 0.1) is 5.92 Å². The molecule has 1 heterocycles. The molecule has 0 unspecified atom stereocenters. The summed E-state index contributed by atoms with van der Waals surface area (Å²) in [5.74, 6) is -1.86. The molecule has 3 heteroatoms. The van der Waals surface area contributed by atoms with Gasteiger partial charge in [0.05, 0.1) is 0 Å². The average Bonchev–Trinajstić information content (AvgIpc) is 2.55. The predicted molar refractivity (Wildman–Crippen MR) is 85.0 cm³/mol. The molecule has 1 aromatic rings. The van der Waals surface area contributed by atoms with Crippen molar-refractivity contribution in [2.45, 2.75) is 70.1 Å². The minimum absolute atomic E-state index is 0.0285. The maximum absolute atomic E-state index is 13.5. The topological polar surface area (TPSA) is 12.9 Å². The van der Waals surface area contributed by atoms with Crippen LogP contribution in [0.3, 0.4) is 0 Å². The molecule has 3 rings (SSSR count). The first kappa shape index (κ1) is 15.6. The van der Waals surface area contributed by atoms with E-state index in [0.29, 0.717) is 18.8 Å². The molecule has 2 saturated carbocycles. The fraction of sp³-hybridized carbons (Fsp3) is 0.632. The van der Waals surface area contributed by atoms with Crippen molar-refractivity contribution in [3.63, 3.8) is 0 Å². The largest absolute Gasteiger partial charge is 0.261 e. The van der Waals surface area contributed by atoms with Crippen LogP contribution in [0.25, 0.3) is 0 Å². The SMILES string of the molecule is FC1(F)CCC(=C(Cc2ccccn2)C2CCCCC2)CC1. The highest BCUT2D eigenvalue weighted by Gasteiger charge is 2.34. The quantitative estimate of drug-likeness (QED) is 0.652. The van der Waals surface area contributed by atoms with Crippen molar-refractivity contribution < 1.29 is 8.78 Å². The number of pyridine rings is 1. The Hall–Kier alpha value is -1.25. The Kier molecular flexibility index (Phi) is 4.90. The molecule has 0 saturated heterocycles. The van der Waals surface area contributed by atoms with Gasteiger partial charge < -0.3 is 0 Å². The molecular formula is C19H25F2N. The zero-order valence-corrected chi connectivity index (χ0v) is 13.2. The number of halogens is 2. The number of hydrogen-bond donors (Lipinski definition) is 0. The van der Waals surface area contributed by atoms with Gasteiger partial charge in [-0.25, -0.2) is 8.78 Å². The molecule has 0 radical (unpaired) electrons. The molecule has 2 fully saturated rings. The van der Waals surface area contributed by atoms with E-state index in [4.69, 9.17) is 0 Å². The lowest BCUT2D eigenvalue weighted by atomic mass is 9.76. The lowest BCUT2D eigenvalue weighted by Crippen LogP contribution is -2.23. The van der Waals surface area contributed by atoms with Crippen molar-refractivity contribution in [2.75, 3.05) is 0 Å². The van der Waals surface area contributed by atoms with Gasteiger partial charge in [-0.2, -0.15) is 0 Å². The van der Waals surface area contributed by atoms with E-state index in [0.717, 1.165) is 12.1 Å². The molecule has 0 spiro atoms. The molecule has 0 atom stereocenters. The van der Waals surface area contributed by atoms with Gasteiger partial charge in [0.15, 0.2) is 0 Å². The van der Waals surface area contributed by atoms with Gasteiger partial charge in [-0.05, 0) is 43.7 Å². The van der Waals surface area contributed by atoms with Crippen molar-refractivity contribution in [2.24, 2.45) is 5.92 Å². The van der Waals surface area contributed by atoms with Gasteiger partial charge in [-0.1, -0.05) is 36.5 Å². The summed E-state index contributed by atoms with van der Waals surface area (Å²) in [6.07, 6.45) is 10.2. The molecule has 0 amide bonds. The molecule has 0 aromatic carbocycles. The predicted octanol–water partition coefficient (Wildman–Crippen LogP) is 5.71. The van der Waals surface area contributed by atoms with Crippen LogP contribution in [0.5, 0.6) is 0 Å². The van der Waals surface area contributed by atoms with Gasteiger partial charge in [0.2, 0.25) is 5.92 Å². The molecule has 0 bridgehead atoms. The summed E-state index contributed by atoms with van der Waals surface area (Å²) in [7, 11) is 0. The Labute approximate surface area is 131 Å². The number of alkyl halides is 2. The molecule has 1 nitrogen and oxygen atoms in total. The van der Waals surface area contributed by atoms with Gasteiger partial charge >= 0.3 is 0 Å². The normalized spacial score (nSPS) is 22.5. The van der Waals surface area contributed by atoms with E-state index in [1.165, 1.54) is 43.3 Å². The first-order chi connectivity index (χ1) is 10.6. The maximum atomic E-state index is 13.5. The third kappa shape index (κ3) is 3.93. The van der Waals surface area contributed by atoms with Crippen LogP contribution < -0.4 is 0 Å². The summed E-state index contributed by atoms with van der Waals surface area (Å²) in [6, 6.07) is 6.00. The van der Waals surface area contributed by atoms with Gasteiger partial charge in [-0.15, -0.1) is 0 Å². The minimum Gasteiger partial charge on any atom is -0.261 e. The fourth-order valence-electron chi connectivity index (χ4n) is 3.95. The highest BCUT2D eigenvalue weighted by atomic mass is 19.3. The van der Waals surface area contributed by atoms with Crippen LogP contribution >= 0.6 is 0 Å². The lowest BCUT2D eigenvalue weighted by Gasteiger charge is -2.31. The zero-order chi connectivity index (χ0) is 15.4. The van der Waals surface area contributed by atoms with Crippen LogP contribution in [0.4, 0.5) is 8.78 Å². The molecule has 22 heavy (non-hydrogen) atoms. The number of rotatable bonds is 3. The van der Waals surface area contributed by atoms with Gasteiger partial charge in [0.1, 0.15) is 0 Å². The average molecular weight is 305 g/mol. The van der Waals surface area contributed by atoms with Crippen LogP contribution in [0.1, 0.15) is 63.5 Å². The second kappa shape index (κ2) is 6.89. The van der Waals surface area contributed by atoms with Crippen molar-refractivity contribution in [3.8, 4) is 0 Å². The van der Waals surface area contributed by atoms with Crippen LogP contribution in [0.15, 0.2) is 35.5 Å². The molecule has 0 aliphatic heterocycles. The molecule has 0 N–H and O–H groups in total. The standard InChI is InChI=1S/C19H25F2N/c20-19(21)11-9-16(10-12-19)18(15-6-2-1-3-7-15)14-17-8-4-5-13-22-17/h4-5,8,13,15H,1-3,6-7,9-12,14H2. The monoisotopic (exact) mass is 305 g/mol. The fourth-order valence-corrected chi connectivity index (χ4v) is 3.95. The van der Waals surface area contributed by atoms with Crippen molar-refractivity contribution in [3.05, 3.63) is 41.2 Å². The van der Waals surface area contributed by atoms with E-state index in [1.54, 1.807) is 0 Å². The number of allylic oxidation sites excluding steroid dienone is 2. The molecule has 1 aromatic heterocycles. The van der Waals surface area contributed by atoms with Crippen LogP contribution in [-0.2, 0) is 6.42 Å². The van der Waals surface area contributed by atoms with Crippen molar-refractivity contribution >= 4 is 0 Å². The molecule has 120 valence electrons. The maximum Gasteiger partial charge on any atom is 0.248 e.